The molecule has 1 aliphatic rings. The van der Waals surface area contributed by atoms with E-state index in [4.69, 9.17) is 4.74 Å². The van der Waals surface area contributed by atoms with E-state index in [-0.39, 0.29) is 29.6 Å². The third-order valence-electron chi connectivity index (χ3n) is 4.97. The summed E-state index contributed by atoms with van der Waals surface area (Å²) in [4.78, 5) is 29.3. The van der Waals surface area contributed by atoms with Crippen LogP contribution in [0.5, 0.6) is 0 Å². The molecular formula is C24H25NO4. The first kappa shape index (κ1) is 20.5. The quantitative estimate of drug-likeness (QED) is 0.567. The number of Topliss-reactive ketones (excluding diaryl/α,β-unsaturated/α-hetero) is 1. The summed E-state index contributed by atoms with van der Waals surface area (Å²) in [5.41, 5.74) is 2.15. The van der Waals surface area contributed by atoms with Gasteiger partial charge in [0.15, 0.2) is 11.8 Å². The number of carbonyl (C=O) groups excluding carboxylic acids is 2. The van der Waals surface area contributed by atoms with Gasteiger partial charge in [-0.3, -0.25) is 9.79 Å². The maximum atomic E-state index is 12.6. The van der Waals surface area contributed by atoms with E-state index in [1.165, 1.54) is 6.21 Å². The Morgan fingerprint density at radius 3 is 2.41 bits per heavy atom. The van der Waals surface area contributed by atoms with Crippen molar-refractivity contribution in [1.82, 2.24) is 0 Å². The zero-order valence-corrected chi connectivity index (χ0v) is 16.5. The Labute approximate surface area is 170 Å². The zero-order valence-electron chi connectivity index (χ0n) is 16.5. The fraction of sp³-hybridized carbons (Fsp3) is 0.292. The summed E-state index contributed by atoms with van der Waals surface area (Å²) in [6, 6.07) is 18.4. The molecule has 150 valence electrons. The van der Waals surface area contributed by atoms with Crippen LogP contribution in [-0.4, -0.2) is 35.7 Å². The minimum atomic E-state index is -0.766. The van der Waals surface area contributed by atoms with E-state index in [0.29, 0.717) is 19.3 Å². The molecule has 0 saturated heterocycles. The van der Waals surface area contributed by atoms with Gasteiger partial charge in [0.25, 0.3) is 0 Å². The number of rotatable bonds is 7. The first-order valence-corrected chi connectivity index (χ1v) is 9.82. The van der Waals surface area contributed by atoms with E-state index >= 15 is 0 Å². The van der Waals surface area contributed by atoms with Crippen LogP contribution in [0.1, 0.15) is 36.8 Å². The molecule has 0 spiro atoms. The van der Waals surface area contributed by atoms with Crippen molar-refractivity contribution in [2.75, 3.05) is 6.61 Å². The first-order valence-electron chi connectivity index (χ1n) is 9.82. The average molecular weight is 391 g/mol. The fourth-order valence-electron chi connectivity index (χ4n) is 3.45. The number of hydrogen-bond donors (Lipinski definition) is 1. The van der Waals surface area contributed by atoms with E-state index in [9.17, 15) is 14.7 Å². The molecule has 0 saturated carbocycles. The number of aliphatic hydroxyl groups excluding tert-OH is 1. The number of allylic oxidation sites excluding steroid dienone is 2. The van der Waals surface area contributed by atoms with Crippen molar-refractivity contribution in [3.8, 4) is 0 Å². The molecule has 0 bridgehead atoms. The van der Waals surface area contributed by atoms with Gasteiger partial charge >= 0.3 is 5.97 Å². The third-order valence-corrected chi connectivity index (χ3v) is 4.97. The molecule has 29 heavy (non-hydrogen) atoms. The minimum Gasteiger partial charge on any atom is -0.511 e. The molecule has 2 aromatic carbocycles. The monoisotopic (exact) mass is 391 g/mol. The highest BCUT2D eigenvalue weighted by Crippen LogP contribution is 2.32. The van der Waals surface area contributed by atoms with Crippen LogP contribution in [0.3, 0.4) is 0 Å². The molecule has 1 N–H and O–H groups in total. The van der Waals surface area contributed by atoms with Crippen LogP contribution in [0.4, 0.5) is 0 Å². The van der Waals surface area contributed by atoms with Gasteiger partial charge < -0.3 is 9.84 Å². The minimum absolute atomic E-state index is 0.0150. The van der Waals surface area contributed by atoms with E-state index in [1.807, 2.05) is 60.7 Å². The van der Waals surface area contributed by atoms with Crippen molar-refractivity contribution in [2.45, 2.75) is 38.1 Å². The topological polar surface area (TPSA) is 76.0 Å². The highest BCUT2D eigenvalue weighted by molar-refractivity contribution is 6.14. The summed E-state index contributed by atoms with van der Waals surface area (Å²) in [5.74, 6) is -0.654. The molecule has 2 atom stereocenters. The van der Waals surface area contributed by atoms with Gasteiger partial charge in [-0.2, -0.15) is 0 Å². The Morgan fingerprint density at radius 2 is 1.79 bits per heavy atom. The van der Waals surface area contributed by atoms with Crippen molar-refractivity contribution in [3.05, 3.63) is 83.1 Å². The Morgan fingerprint density at radius 1 is 1.14 bits per heavy atom. The standard InChI is InChI=1S/C24H25NO4/c1-2-29-24(28)21(13-17-9-5-3-6-10-17)25-16-20-22(26)14-19(15-23(20)27)18-11-7-4-8-12-18/h3-12,16,19,21,26H,2,13-15H2,1H3/t19?,21-/m0/s1. The lowest BCUT2D eigenvalue weighted by Gasteiger charge is -2.22. The summed E-state index contributed by atoms with van der Waals surface area (Å²) < 4.78 is 5.13. The predicted octanol–water partition coefficient (Wildman–Crippen LogP) is 4.19. The van der Waals surface area contributed by atoms with Gasteiger partial charge in [-0.05, 0) is 24.0 Å². The van der Waals surface area contributed by atoms with Crippen LogP contribution < -0.4 is 0 Å². The number of nitrogens with zero attached hydrogens (tertiary/aromatic N) is 1. The van der Waals surface area contributed by atoms with Crippen molar-refractivity contribution in [3.63, 3.8) is 0 Å². The Hall–Kier alpha value is -3.21. The predicted molar refractivity (Wildman–Crippen MR) is 112 cm³/mol. The van der Waals surface area contributed by atoms with Crippen LogP contribution in [0, 0.1) is 0 Å². The van der Waals surface area contributed by atoms with Gasteiger partial charge in [-0.25, -0.2) is 4.79 Å². The van der Waals surface area contributed by atoms with Crippen LogP contribution in [0.15, 0.2) is 77.0 Å². The van der Waals surface area contributed by atoms with Gasteiger partial charge in [-0.15, -0.1) is 0 Å². The Kier molecular flexibility index (Phi) is 6.95. The summed E-state index contributed by atoms with van der Waals surface area (Å²) in [6.45, 7) is 2.00. The summed E-state index contributed by atoms with van der Waals surface area (Å²) >= 11 is 0. The number of aliphatic imine (C=N–C) groups is 1. The smallest absolute Gasteiger partial charge is 0.331 e. The number of ether oxygens (including phenoxy) is 1. The number of ketones is 1. The van der Waals surface area contributed by atoms with Crippen LogP contribution >= 0.6 is 0 Å². The average Bonchev–Trinajstić information content (AvgIpc) is 2.73. The van der Waals surface area contributed by atoms with Crippen molar-refractivity contribution in [2.24, 2.45) is 4.99 Å². The van der Waals surface area contributed by atoms with Crippen molar-refractivity contribution in [1.29, 1.82) is 0 Å². The maximum absolute atomic E-state index is 12.6. The van der Waals surface area contributed by atoms with Gasteiger partial charge in [-0.1, -0.05) is 60.7 Å². The normalized spacial score (nSPS) is 18.1. The SMILES string of the molecule is CCOC(=O)[C@H](Cc1ccccc1)N=CC1=C(O)CC(c2ccccc2)CC1=O. The third kappa shape index (κ3) is 5.41. The second kappa shape index (κ2) is 9.82. The molecular weight excluding hydrogens is 366 g/mol. The lowest BCUT2D eigenvalue weighted by atomic mass is 9.83. The number of esters is 1. The number of benzene rings is 2. The lowest BCUT2D eigenvalue weighted by Crippen LogP contribution is -2.25. The first-order chi connectivity index (χ1) is 14.1. The Bertz CT molecular complexity index is 903. The molecule has 5 heteroatoms. The van der Waals surface area contributed by atoms with Crippen LogP contribution in [-0.2, 0) is 20.7 Å². The van der Waals surface area contributed by atoms with E-state index in [0.717, 1.165) is 11.1 Å². The molecule has 3 rings (SSSR count). The van der Waals surface area contributed by atoms with Gasteiger partial charge in [0.2, 0.25) is 0 Å². The van der Waals surface area contributed by atoms with Crippen LogP contribution in [0.2, 0.25) is 0 Å². The molecule has 0 fully saturated rings. The van der Waals surface area contributed by atoms with Gasteiger partial charge in [0.05, 0.1) is 12.2 Å². The molecule has 0 amide bonds. The van der Waals surface area contributed by atoms with Crippen molar-refractivity contribution >= 4 is 18.0 Å². The highest BCUT2D eigenvalue weighted by Gasteiger charge is 2.28. The molecule has 1 unspecified atom stereocenters. The number of aliphatic hydroxyl groups is 1. The van der Waals surface area contributed by atoms with E-state index in [1.54, 1.807) is 6.92 Å². The van der Waals surface area contributed by atoms with Gasteiger partial charge in [0, 0.05) is 25.5 Å². The van der Waals surface area contributed by atoms with Gasteiger partial charge in [0.1, 0.15) is 5.76 Å². The molecule has 5 nitrogen and oxygen atoms in total. The molecule has 1 aliphatic carbocycles. The lowest BCUT2D eigenvalue weighted by molar-refractivity contribution is -0.144. The number of hydrogen-bond acceptors (Lipinski definition) is 5. The van der Waals surface area contributed by atoms with Crippen molar-refractivity contribution < 1.29 is 19.4 Å². The summed E-state index contributed by atoms with van der Waals surface area (Å²) in [7, 11) is 0. The van der Waals surface area contributed by atoms with E-state index in [2.05, 4.69) is 4.99 Å². The molecule has 2 aromatic rings. The summed E-state index contributed by atoms with van der Waals surface area (Å²) in [6.07, 6.45) is 2.38. The van der Waals surface area contributed by atoms with E-state index < -0.39 is 12.0 Å². The number of carbonyl (C=O) groups is 2. The molecule has 0 aromatic heterocycles. The Balaban J connectivity index is 1.78. The zero-order chi connectivity index (χ0) is 20.6. The summed E-state index contributed by atoms with van der Waals surface area (Å²) in [5, 5.41) is 10.5. The molecule has 0 aliphatic heterocycles. The molecule has 0 heterocycles. The van der Waals surface area contributed by atoms with Crippen LogP contribution in [0.25, 0.3) is 0 Å². The molecule has 0 radical (unpaired) electrons. The largest absolute Gasteiger partial charge is 0.511 e. The second-order valence-electron chi connectivity index (χ2n) is 7.04. The highest BCUT2D eigenvalue weighted by atomic mass is 16.5. The fourth-order valence-corrected chi connectivity index (χ4v) is 3.45. The maximum Gasteiger partial charge on any atom is 0.331 e. The second-order valence-corrected chi connectivity index (χ2v) is 7.04.